The fraction of sp³-hybridized carbons (Fsp3) is 0.361. The van der Waals surface area contributed by atoms with Gasteiger partial charge in [0.1, 0.15) is 17.3 Å². The molecule has 3 N–H and O–H groups in total. The summed E-state index contributed by atoms with van der Waals surface area (Å²) in [4.78, 5) is 61.5. The number of alkyl halides is 1. The molecular formula is C72H79FN4O26S10. The van der Waals surface area contributed by atoms with Gasteiger partial charge in [0, 0.05) is 103 Å². The lowest BCUT2D eigenvalue weighted by atomic mass is 9.80. The summed E-state index contributed by atoms with van der Waals surface area (Å²) in [6.07, 6.45) is 14.9. The van der Waals surface area contributed by atoms with Crippen LogP contribution in [0.5, 0.6) is 0 Å². The molecule has 610 valence electrons. The molecule has 4 aliphatic rings. The number of hydrogen-bond donors (Lipinski definition) is 3. The van der Waals surface area contributed by atoms with Crippen molar-refractivity contribution in [3.63, 3.8) is 0 Å². The Hall–Kier alpha value is -9.16. The van der Waals surface area contributed by atoms with Crippen molar-refractivity contribution >= 4 is 206 Å². The molecule has 0 saturated heterocycles. The molecule has 0 saturated carbocycles. The molecule has 12 rings (SSSR count). The number of benzene rings is 4. The predicted molar refractivity (Wildman–Crippen MR) is 424 cm³/mol. The van der Waals surface area contributed by atoms with Gasteiger partial charge in [-0.1, -0.05) is 61.1 Å². The van der Waals surface area contributed by atoms with Gasteiger partial charge in [0.15, 0.2) is 11.4 Å². The Morgan fingerprint density at radius 2 is 0.858 bits per heavy atom. The Balaban J connectivity index is 0.000000384. The Morgan fingerprint density at radius 3 is 1.19 bits per heavy atom. The second-order valence-electron chi connectivity index (χ2n) is 26.5. The Kier molecular flexibility index (Phi) is 33.8. The molecule has 4 aromatic carbocycles. The average Bonchev–Trinajstić information content (AvgIpc) is 1.56. The largest absolute Gasteiger partial charge is 0.748 e. The van der Waals surface area contributed by atoms with Crippen LogP contribution in [0.25, 0.3) is 40.3 Å². The first-order valence-corrected chi connectivity index (χ1v) is 44.0. The molecule has 0 radical (unpaired) electrons. The number of anilines is 2. The third kappa shape index (κ3) is 22.2. The first-order chi connectivity index (χ1) is 52.2. The van der Waals surface area contributed by atoms with Crippen molar-refractivity contribution in [1.82, 2.24) is 0 Å². The van der Waals surface area contributed by atoms with E-state index in [9.17, 15) is 63.1 Å². The lowest BCUT2D eigenvalue weighted by molar-refractivity contribution is -0.436. The summed E-state index contributed by atoms with van der Waals surface area (Å²) in [5.41, 5.74) is 10.3. The molecule has 113 heavy (non-hydrogen) atoms. The molecule has 0 spiro atoms. The number of hydrogen-bond acceptors (Lipinski definition) is 29. The van der Waals surface area contributed by atoms with Crippen LogP contribution in [0, 0.1) is 0 Å². The van der Waals surface area contributed by atoms with Crippen molar-refractivity contribution in [3.05, 3.63) is 158 Å². The maximum Gasteiger partial charge on any atom is 0.425 e. The third-order valence-corrected chi connectivity index (χ3v) is 25.1. The Morgan fingerprint density at radius 1 is 0.522 bits per heavy atom. The molecule has 0 fully saturated rings. The van der Waals surface area contributed by atoms with Gasteiger partial charge in [-0.3, -0.25) is 8.94 Å². The zero-order valence-electron chi connectivity index (χ0n) is 61.5. The maximum atomic E-state index is 12.4. The highest BCUT2D eigenvalue weighted by Gasteiger charge is 2.49. The highest BCUT2D eigenvalue weighted by molar-refractivity contribution is 7.88. The predicted octanol–water partition coefficient (Wildman–Crippen LogP) is 11.8. The highest BCUT2D eigenvalue weighted by Crippen LogP contribution is 2.56. The van der Waals surface area contributed by atoms with Gasteiger partial charge in [-0.2, -0.15) is 36.7 Å². The Bertz CT molecular complexity index is 5900. The summed E-state index contributed by atoms with van der Waals surface area (Å²) in [5, 5.41) is 29.8. The minimum atomic E-state index is -4.56. The summed E-state index contributed by atoms with van der Waals surface area (Å²) in [5.74, 6) is -2.98. The molecule has 4 aromatic heterocycles. The van der Waals surface area contributed by atoms with E-state index in [2.05, 4.69) is 127 Å². The van der Waals surface area contributed by atoms with Gasteiger partial charge in [-0.25, -0.2) is 26.4 Å². The van der Waals surface area contributed by atoms with Gasteiger partial charge in [0.05, 0.1) is 80.9 Å². The molecular weight excluding hydrogens is 1680 g/mol. The van der Waals surface area contributed by atoms with E-state index in [1.165, 1.54) is 23.0 Å². The number of nitrogens with zero attached hydrogens (tertiary/aromatic N) is 4. The minimum Gasteiger partial charge on any atom is -0.748 e. The van der Waals surface area contributed by atoms with Crippen LogP contribution in [0.15, 0.2) is 129 Å². The van der Waals surface area contributed by atoms with Gasteiger partial charge < -0.3 is 29.1 Å². The smallest absolute Gasteiger partial charge is 0.425 e. The number of carboxylic acids is 2. The van der Waals surface area contributed by atoms with Crippen LogP contribution in [-0.4, -0.2) is 177 Å². The number of carbonyl (C=O) groups is 2. The first-order valence-electron chi connectivity index (χ1n) is 33.0. The topological polar surface area (TPSA) is 478 Å². The number of rotatable bonds is 19. The molecule has 0 atom stereocenters. The number of allylic oxidation sites excluding steroid dienone is 8. The number of thiophene rings is 4. The lowest BCUT2D eigenvalue weighted by Gasteiger charge is -2.26. The Labute approximate surface area is 671 Å². The fourth-order valence-electron chi connectivity index (χ4n) is 14.1. The molecule has 8 aromatic rings. The van der Waals surface area contributed by atoms with Gasteiger partial charge >= 0.3 is 66.2 Å². The van der Waals surface area contributed by atoms with Crippen LogP contribution in [-0.2, 0) is 103 Å². The fourth-order valence-corrected chi connectivity index (χ4v) is 19.4. The highest BCUT2D eigenvalue weighted by atomic mass is 32.3. The minimum absolute atomic E-state index is 0. The molecule has 0 amide bonds. The molecule has 4 aliphatic heterocycles. The summed E-state index contributed by atoms with van der Waals surface area (Å²) in [6.45, 7) is 23.2. The molecule has 41 heteroatoms. The second kappa shape index (κ2) is 39.7. The molecule has 0 aliphatic carbocycles. The number of halogens is 1. The average molecular weight is 1760 g/mol. The zero-order valence-corrected chi connectivity index (χ0v) is 69.7. The first kappa shape index (κ1) is 96.2. The van der Waals surface area contributed by atoms with E-state index in [-0.39, 0.29) is 52.5 Å². The van der Waals surface area contributed by atoms with Crippen molar-refractivity contribution < 1.29 is 129 Å². The van der Waals surface area contributed by atoms with E-state index >= 15 is 0 Å². The number of aromatic carboxylic acids is 2. The van der Waals surface area contributed by atoms with Crippen molar-refractivity contribution in [1.29, 1.82) is 0 Å². The lowest BCUT2D eigenvalue weighted by Crippen LogP contribution is -2.28. The summed E-state index contributed by atoms with van der Waals surface area (Å²) in [6, 6.07) is 19.5. The second-order valence-corrected chi connectivity index (χ2v) is 36.3. The van der Waals surface area contributed by atoms with Crippen molar-refractivity contribution in [2.45, 2.75) is 128 Å². The van der Waals surface area contributed by atoms with Gasteiger partial charge in [0.2, 0.25) is 11.4 Å². The maximum absolute atomic E-state index is 12.4. The van der Waals surface area contributed by atoms with Crippen LogP contribution in [0.2, 0.25) is 0 Å². The SMILES string of the molecule is C.CCCN1/C(=C/C=C/C2=[N+](CCCS(=O)(=O)[O-])c3c(ccc4sccc34)C2(C)C)C(C)(C)c2cc(C(=O)O)c3sc(S(=O)(=O)O)cc3c21.CCCN1/C(=C/C=C/C2=[N+](CCCS(=O)(=O)[O-])c3c(ccc4sccc34)C2(C)C)C(C)(C)c2cc(C(=O)O)c3sccc3c21.CF.O=C=O.O=C=O.O=S(=O)=O.O=S(=O)=O.O=S(=O)=O. The van der Waals surface area contributed by atoms with E-state index in [1.54, 1.807) is 28.7 Å². The van der Waals surface area contributed by atoms with Gasteiger partial charge in [-0.05, 0) is 141 Å². The van der Waals surface area contributed by atoms with Crippen molar-refractivity contribution in [3.8, 4) is 0 Å². The standard InChI is InChI=1S/C34H36N2O8S4.C34H36N2O5S3.CH3F.2CO2.CH4.3O3S/c1-6-14-35-27(34(4,5)24-18-22(32(37)38)31-21(30(24)35)19-28(46-31)48(42,43)44)10-7-9-26-33(2,3)23-11-12-25-20(13-16-45-25)29(23)36(26)15-8-17-47(39,40)41;1-6-15-35-28(34(4,5)25-20-23(32(37)38)31-22(30(25)35)14-18-43-31)10-7-9-27-33(2,3)24-11-12-26-21(13-17-42-26)29(24)36(27)16-8-19-44(39,40)41;1-2;2*2-1-3;;3*1-4(2)3/h7,9-13,16,18-19H,6,8,14-15,17H2,1-5H3,(H2-,37,38,39,40,41,42,43,44);7,9-14,17-18,20H,6,8,15-16,19H2,1-5H3,(H-,37,38,39,40,41);1H3;;;1H4;;;. The molecule has 0 unspecified atom stereocenters. The monoisotopic (exact) mass is 1750 g/mol. The molecule has 8 heterocycles. The third-order valence-electron chi connectivity index (χ3n) is 18.4. The van der Waals surface area contributed by atoms with Crippen LogP contribution in [0.4, 0.5) is 27.1 Å². The summed E-state index contributed by atoms with van der Waals surface area (Å²) >= 11 is 5.50. The van der Waals surface area contributed by atoms with E-state index < -0.39 is 102 Å². The zero-order chi connectivity index (χ0) is 84.7. The molecule has 30 nitrogen and oxygen atoms in total. The molecule has 0 bridgehead atoms. The van der Waals surface area contributed by atoms with E-state index in [0.717, 1.165) is 118 Å². The van der Waals surface area contributed by atoms with Crippen molar-refractivity contribution in [2.24, 2.45) is 0 Å². The van der Waals surface area contributed by atoms with Gasteiger partial charge in [0.25, 0.3) is 0 Å². The van der Waals surface area contributed by atoms with Crippen molar-refractivity contribution in [2.75, 3.05) is 54.7 Å². The van der Waals surface area contributed by atoms with Crippen LogP contribution in [0.3, 0.4) is 0 Å². The quantitative estimate of drug-likeness (QED) is 0.0500. The van der Waals surface area contributed by atoms with Crippen LogP contribution < -0.4 is 9.80 Å². The number of carbonyl (C=O) groups excluding carboxylic acids is 4. The van der Waals surface area contributed by atoms with Crippen LogP contribution >= 0.6 is 45.3 Å². The van der Waals surface area contributed by atoms with E-state index in [0.29, 0.717) is 43.4 Å². The number of carboxylic acid groups (broad SMARTS) is 2. The summed E-state index contributed by atoms with van der Waals surface area (Å²) < 4.78 is 196. The normalized spacial score (nSPS) is 15.7. The number of fused-ring (bicyclic) bond motifs is 12. The summed E-state index contributed by atoms with van der Waals surface area (Å²) in [7, 11) is -22.1. The van der Waals surface area contributed by atoms with Crippen LogP contribution in [0.1, 0.15) is 145 Å². The van der Waals surface area contributed by atoms with Gasteiger partial charge in [-0.15, -0.1) is 83.2 Å². The van der Waals surface area contributed by atoms with E-state index in [4.69, 9.17) is 57.1 Å². The van der Waals surface area contributed by atoms with E-state index in [1.807, 2.05) is 61.9 Å².